The fraction of sp³-hybridized carbons (Fsp3) is 0.300. The molecule has 4 N–H and O–H groups in total. The Labute approximate surface area is 120 Å². The number of anilines is 1. The Kier molecular flexibility index (Phi) is 5.51. The van der Waals surface area contributed by atoms with Crippen molar-refractivity contribution in [2.24, 2.45) is 5.73 Å². The number of hydrogen-bond donors (Lipinski definition) is 3. The van der Waals surface area contributed by atoms with Gasteiger partial charge in [-0.3, -0.25) is 0 Å². The van der Waals surface area contributed by atoms with Gasteiger partial charge in [0.25, 0.3) is 0 Å². The molecular formula is C10H14BrN3O2S2. The van der Waals surface area contributed by atoms with E-state index in [1.54, 1.807) is 12.1 Å². The molecule has 1 aromatic rings. The minimum Gasteiger partial charge on any atom is -0.389 e. The van der Waals surface area contributed by atoms with E-state index in [4.69, 9.17) is 18.0 Å². The molecule has 8 heteroatoms. The summed E-state index contributed by atoms with van der Waals surface area (Å²) in [6, 6.07) is 5.41. The minimum absolute atomic E-state index is 0.0210. The van der Waals surface area contributed by atoms with Crippen LogP contribution in [-0.4, -0.2) is 32.8 Å². The van der Waals surface area contributed by atoms with E-state index in [0.29, 0.717) is 11.3 Å². The summed E-state index contributed by atoms with van der Waals surface area (Å²) in [5.74, 6) is -0.0210. The van der Waals surface area contributed by atoms with Gasteiger partial charge in [0.05, 0.1) is 5.75 Å². The van der Waals surface area contributed by atoms with Crippen LogP contribution in [0.3, 0.4) is 0 Å². The molecule has 0 aliphatic carbocycles. The SMILES string of the molecule is CNS(=O)(=O)CCNc1cc(Br)ccc1C(N)=S. The number of thiocarbonyl (C=S) groups is 1. The molecule has 0 spiro atoms. The Bertz CT molecular complexity index is 546. The molecule has 0 amide bonds. The van der Waals surface area contributed by atoms with Gasteiger partial charge in [-0.05, 0) is 25.2 Å². The van der Waals surface area contributed by atoms with Gasteiger partial charge in [0.15, 0.2) is 0 Å². The van der Waals surface area contributed by atoms with Crippen LogP contribution in [0.2, 0.25) is 0 Å². The van der Waals surface area contributed by atoms with Gasteiger partial charge in [-0.25, -0.2) is 13.1 Å². The molecule has 0 radical (unpaired) electrons. The fourth-order valence-corrected chi connectivity index (χ4v) is 2.41. The lowest BCUT2D eigenvalue weighted by Crippen LogP contribution is -2.26. The topological polar surface area (TPSA) is 84.2 Å². The molecule has 0 atom stereocenters. The van der Waals surface area contributed by atoms with E-state index >= 15 is 0 Å². The first-order valence-corrected chi connectivity index (χ1v) is 7.95. The van der Waals surface area contributed by atoms with Crippen molar-refractivity contribution in [3.8, 4) is 0 Å². The first-order valence-electron chi connectivity index (χ1n) is 5.10. The molecule has 0 aromatic heterocycles. The van der Waals surface area contributed by atoms with E-state index in [9.17, 15) is 8.42 Å². The van der Waals surface area contributed by atoms with Crippen LogP contribution >= 0.6 is 28.1 Å². The van der Waals surface area contributed by atoms with Crippen molar-refractivity contribution >= 4 is 48.8 Å². The molecule has 0 saturated carbocycles. The summed E-state index contributed by atoms with van der Waals surface area (Å²) in [5.41, 5.74) is 7.00. The zero-order valence-electron chi connectivity index (χ0n) is 9.73. The summed E-state index contributed by atoms with van der Waals surface area (Å²) in [7, 11) is -1.84. The molecule has 5 nitrogen and oxygen atoms in total. The van der Waals surface area contributed by atoms with Gasteiger partial charge < -0.3 is 11.1 Å². The van der Waals surface area contributed by atoms with Gasteiger partial charge in [-0.1, -0.05) is 28.1 Å². The second-order valence-electron chi connectivity index (χ2n) is 3.50. The number of nitrogens with one attached hydrogen (secondary N) is 2. The summed E-state index contributed by atoms with van der Waals surface area (Å²) in [4.78, 5) is 0.265. The number of sulfonamides is 1. The Morgan fingerprint density at radius 2 is 2.17 bits per heavy atom. The van der Waals surface area contributed by atoms with E-state index in [-0.39, 0.29) is 17.3 Å². The van der Waals surface area contributed by atoms with Crippen LogP contribution in [0, 0.1) is 0 Å². The van der Waals surface area contributed by atoms with E-state index in [1.165, 1.54) is 7.05 Å². The van der Waals surface area contributed by atoms with Crippen molar-refractivity contribution in [1.82, 2.24) is 4.72 Å². The molecule has 100 valence electrons. The third-order valence-electron chi connectivity index (χ3n) is 2.24. The van der Waals surface area contributed by atoms with Crippen LogP contribution in [0.1, 0.15) is 5.56 Å². The Balaban J connectivity index is 2.78. The maximum atomic E-state index is 11.3. The summed E-state index contributed by atoms with van der Waals surface area (Å²) in [6.45, 7) is 0.273. The molecule has 0 bridgehead atoms. The highest BCUT2D eigenvalue weighted by atomic mass is 79.9. The highest BCUT2D eigenvalue weighted by Crippen LogP contribution is 2.21. The first kappa shape index (κ1) is 15.4. The lowest BCUT2D eigenvalue weighted by Gasteiger charge is -2.11. The molecule has 0 saturated heterocycles. The quantitative estimate of drug-likeness (QED) is 0.667. The van der Waals surface area contributed by atoms with Crippen molar-refractivity contribution in [2.45, 2.75) is 0 Å². The highest BCUT2D eigenvalue weighted by Gasteiger charge is 2.09. The third-order valence-corrected chi connectivity index (χ3v) is 4.32. The van der Waals surface area contributed by atoms with Crippen LogP contribution in [0.25, 0.3) is 0 Å². The Morgan fingerprint density at radius 3 is 2.72 bits per heavy atom. The second-order valence-corrected chi connectivity index (χ2v) is 6.91. The molecule has 18 heavy (non-hydrogen) atoms. The van der Waals surface area contributed by atoms with Crippen LogP contribution in [0.4, 0.5) is 5.69 Å². The van der Waals surface area contributed by atoms with E-state index < -0.39 is 10.0 Å². The zero-order valence-corrected chi connectivity index (χ0v) is 13.0. The molecule has 0 heterocycles. The van der Waals surface area contributed by atoms with Gasteiger partial charge in [-0.2, -0.15) is 0 Å². The molecule has 0 aliphatic rings. The smallest absolute Gasteiger partial charge is 0.213 e. The number of rotatable bonds is 6. The monoisotopic (exact) mass is 351 g/mol. The van der Waals surface area contributed by atoms with Crippen LogP contribution in [-0.2, 0) is 10.0 Å². The summed E-state index contributed by atoms with van der Waals surface area (Å²) in [5, 5.41) is 3.01. The van der Waals surface area contributed by atoms with Crippen molar-refractivity contribution < 1.29 is 8.42 Å². The minimum atomic E-state index is -3.22. The molecule has 0 aliphatic heterocycles. The molecular weight excluding hydrogens is 338 g/mol. The summed E-state index contributed by atoms with van der Waals surface area (Å²) < 4.78 is 25.6. The van der Waals surface area contributed by atoms with Gasteiger partial charge in [0.2, 0.25) is 10.0 Å². The number of nitrogens with two attached hydrogens (primary N) is 1. The predicted molar refractivity (Wildman–Crippen MR) is 81.4 cm³/mol. The van der Waals surface area contributed by atoms with Crippen LogP contribution in [0.15, 0.2) is 22.7 Å². The van der Waals surface area contributed by atoms with Crippen molar-refractivity contribution in [1.29, 1.82) is 0 Å². The Morgan fingerprint density at radius 1 is 1.50 bits per heavy atom. The molecule has 0 unspecified atom stereocenters. The van der Waals surface area contributed by atoms with E-state index in [2.05, 4.69) is 26.0 Å². The lowest BCUT2D eigenvalue weighted by molar-refractivity contribution is 0.588. The first-order chi connectivity index (χ1) is 8.35. The normalized spacial score (nSPS) is 11.2. The molecule has 1 aromatic carbocycles. The van der Waals surface area contributed by atoms with Gasteiger partial charge in [0.1, 0.15) is 4.99 Å². The largest absolute Gasteiger partial charge is 0.389 e. The van der Waals surface area contributed by atoms with E-state index in [1.807, 2.05) is 6.07 Å². The van der Waals surface area contributed by atoms with Crippen molar-refractivity contribution in [2.75, 3.05) is 24.7 Å². The molecule has 1 rings (SSSR count). The number of benzene rings is 1. The maximum Gasteiger partial charge on any atom is 0.213 e. The highest BCUT2D eigenvalue weighted by molar-refractivity contribution is 9.10. The fourth-order valence-electron chi connectivity index (χ4n) is 1.30. The van der Waals surface area contributed by atoms with Gasteiger partial charge in [0, 0.05) is 22.3 Å². The summed E-state index contributed by atoms with van der Waals surface area (Å²) >= 11 is 8.27. The van der Waals surface area contributed by atoms with Crippen LogP contribution < -0.4 is 15.8 Å². The lowest BCUT2D eigenvalue weighted by atomic mass is 10.2. The number of halogens is 1. The zero-order chi connectivity index (χ0) is 13.8. The molecule has 0 fully saturated rings. The predicted octanol–water partition coefficient (Wildman–Crippen LogP) is 1.04. The van der Waals surface area contributed by atoms with Gasteiger partial charge >= 0.3 is 0 Å². The van der Waals surface area contributed by atoms with E-state index in [0.717, 1.165) is 4.47 Å². The van der Waals surface area contributed by atoms with Gasteiger partial charge in [-0.15, -0.1) is 0 Å². The van der Waals surface area contributed by atoms with Crippen LogP contribution in [0.5, 0.6) is 0 Å². The maximum absolute atomic E-state index is 11.3. The van der Waals surface area contributed by atoms with Crippen molar-refractivity contribution in [3.63, 3.8) is 0 Å². The average molecular weight is 352 g/mol. The third kappa shape index (κ3) is 4.52. The Hall–Kier alpha value is -0.700. The number of hydrogen-bond acceptors (Lipinski definition) is 4. The average Bonchev–Trinajstić information content (AvgIpc) is 2.28. The summed E-state index contributed by atoms with van der Waals surface area (Å²) in [6.07, 6.45) is 0. The van der Waals surface area contributed by atoms with Crippen molar-refractivity contribution in [3.05, 3.63) is 28.2 Å². The standard InChI is InChI=1S/C10H14BrN3O2S2/c1-13-18(15,16)5-4-14-9-6-7(11)2-3-8(9)10(12)17/h2-3,6,13-14H,4-5H2,1H3,(H2,12,17). The second kappa shape index (κ2) is 6.46.